The monoisotopic (exact) mass is 2130 g/mol. The number of fused-ring (bicyclic) bond motifs is 3. The molecule has 0 bridgehead atoms. The number of aromatic nitrogens is 1. The largest absolute Gasteiger partial charge is 0.384 e. The van der Waals surface area contributed by atoms with Crippen molar-refractivity contribution in [3.8, 4) is 0 Å². The van der Waals surface area contributed by atoms with E-state index in [1.165, 1.54) is 117 Å². The molecule has 142 heavy (non-hydrogen) atoms. The van der Waals surface area contributed by atoms with E-state index in [0.717, 1.165) is 79.3 Å². The van der Waals surface area contributed by atoms with Crippen LogP contribution < -0.4 is 52.8 Å². The van der Waals surface area contributed by atoms with Gasteiger partial charge >= 0.3 is 0 Å². The highest BCUT2D eigenvalue weighted by Crippen LogP contribution is 2.35. The van der Waals surface area contributed by atoms with E-state index in [-0.39, 0.29) is 119 Å². The van der Waals surface area contributed by atoms with Crippen molar-refractivity contribution in [1.82, 2.24) is 18.9 Å². The Labute approximate surface area is 853 Å². The number of piperidine rings is 3. The smallest absolute Gasteiger partial charge is 0.257 e. The topological polar surface area (TPSA) is 328 Å². The molecule has 754 valence electrons. The van der Waals surface area contributed by atoms with Crippen LogP contribution in [0.2, 0.25) is 35.2 Å². The fourth-order valence-corrected chi connectivity index (χ4v) is 18.7. The van der Waals surface area contributed by atoms with E-state index in [9.17, 15) is 81.1 Å². The third-order valence-corrected chi connectivity index (χ3v) is 28.7. The van der Waals surface area contributed by atoms with Gasteiger partial charge in [-0.15, -0.1) is 0 Å². The Morgan fingerprint density at radius 2 is 0.789 bits per heavy atom. The second kappa shape index (κ2) is 53.4. The third kappa shape index (κ3) is 33.2. The second-order valence-electron chi connectivity index (χ2n) is 33.7. The van der Waals surface area contributed by atoms with Crippen molar-refractivity contribution in [3.63, 3.8) is 0 Å². The van der Waals surface area contributed by atoms with Crippen LogP contribution in [0.3, 0.4) is 0 Å². The quantitative estimate of drug-likeness (QED) is 0.0361. The molecule has 0 spiro atoms. The Bertz CT molecular complexity index is 6490. The maximum atomic E-state index is 13.5. The number of para-hydroxylation sites is 3. The number of pyridine rings is 1. The summed E-state index contributed by atoms with van der Waals surface area (Å²) in [5, 5.41) is 26.2. The number of hydrogen-bond acceptors (Lipinski definition) is 16. The molecule has 6 aliphatic heterocycles. The number of amides is 7. The van der Waals surface area contributed by atoms with Gasteiger partial charge < -0.3 is 57.5 Å². The zero-order valence-corrected chi connectivity index (χ0v) is 83.9. The summed E-state index contributed by atoms with van der Waals surface area (Å²) in [4.78, 5) is 91.4. The minimum Gasteiger partial charge on any atom is -0.384 e. The van der Waals surface area contributed by atoms with Crippen LogP contribution in [0.4, 0.5) is 81.9 Å². The molecule has 1 aromatic heterocycles. The van der Waals surface area contributed by atoms with E-state index >= 15 is 0 Å². The average molecular weight is 2140 g/mol. The maximum absolute atomic E-state index is 13.5. The van der Waals surface area contributed by atoms with Crippen LogP contribution in [0.15, 0.2) is 212 Å². The van der Waals surface area contributed by atoms with Gasteiger partial charge in [0.05, 0.1) is 100 Å². The molecule has 41 heteroatoms. The molecular weight excluding hydrogens is 2030 g/mol. The molecule has 0 aliphatic carbocycles. The van der Waals surface area contributed by atoms with Gasteiger partial charge in [0.1, 0.15) is 40.7 Å². The number of nitrogens with zero attached hydrogens (tertiary/aromatic N) is 4. The maximum Gasteiger partial charge on any atom is 0.257 e. The number of carbonyl (C=O) groups excluding carboxylic acids is 7. The number of anilines is 9. The molecule has 17 rings (SSSR count). The molecule has 7 amide bonds. The van der Waals surface area contributed by atoms with Gasteiger partial charge in [-0.2, -0.15) is 0 Å². The molecule has 4 fully saturated rings. The standard InChI is InChI=1S/C18H18ClFN2O.C16H14ClFN2O.C16H10ClFN2O.C14H18ClFN2O3S.C13H16ClFN2O3S.C12H14ClFN2O.C12H13ClFNO2/c1-2-22-11-13(9-12-5-3-4-6-17(12)22)18(23)21-14-7-8-15(19)16(20)10-14;2*17-13-6-5-12(8-14(13)18)20-16(21)11-7-10-3-1-2-4-15(10)19-9-11;1-2-22(20,21)18-7-3-4-10(9-18)14(19)17-11-5-6-12(15)13(16)8-11;1-21(19,20)17-6-2-3-9(8-17)13(18)16-10-4-5-11(14)12(15)7-10;13-10-4-3-9(6-11(10)14)16-12(17)8-2-1-5-15-7-8;13-10-4-3-9(6-11(10)14)15-12(16)8-2-1-5-17-7-8/h3-8,10,13H,2,9,11H2,1H3,(H,21,23);1-6,8,11,19H,7,9H2,(H,20,21);1-9H,(H,20,21);5-6,8,10H,2-4,7,9H2,1H3,(H,17,19);4-5,7,9H,2-3,6,8H2,1H3,(H,16,18);3-4,6,8,15H,1-2,5,7H2,(H,16,17);3-4,6,8H,1-2,5,7H2,(H,15,16). The van der Waals surface area contributed by atoms with Crippen LogP contribution in [0.5, 0.6) is 0 Å². The van der Waals surface area contributed by atoms with E-state index in [1.54, 1.807) is 37.3 Å². The highest BCUT2D eigenvalue weighted by Gasteiger charge is 2.35. The van der Waals surface area contributed by atoms with Crippen molar-refractivity contribution >= 4 is 205 Å². The highest BCUT2D eigenvalue weighted by molar-refractivity contribution is 7.89. The van der Waals surface area contributed by atoms with Gasteiger partial charge in [-0.3, -0.25) is 38.5 Å². The van der Waals surface area contributed by atoms with Gasteiger partial charge in [-0.05, 0) is 247 Å². The lowest BCUT2D eigenvalue weighted by Gasteiger charge is -2.34. The van der Waals surface area contributed by atoms with Gasteiger partial charge in [-0.25, -0.2) is 56.2 Å². The number of carbonyl (C=O) groups is 7. The van der Waals surface area contributed by atoms with Crippen molar-refractivity contribution in [1.29, 1.82) is 0 Å². The van der Waals surface area contributed by atoms with E-state index in [2.05, 4.69) is 76.8 Å². The summed E-state index contributed by atoms with van der Waals surface area (Å²) in [7, 11) is -6.60. The summed E-state index contributed by atoms with van der Waals surface area (Å²) in [6.07, 6.45) is 10.0. The number of halogens is 14. The van der Waals surface area contributed by atoms with Crippen LogP contribution in [-0.2, 0) is 66.4 Å². The third-order valence-electron chi connectivity index (χ3n) is 23.5. The molecule has 6 aliphatic rings. The SMILES string of the molecule is CCN1CC(C(=O)Nc2ccc(Cl)c(F)c2)Cc2ccccc21.CCS(=O)(=O)N1CCCC(C(=O)Nc2ccc(Cl)c(F)c2)C1.CS(=O)(=O)N1CCCC(C(=O)Nc2ccc(Cl)c(F)c2)C1.O=C(Nc1ccc(Cl)c(F)c1)C1CCCNC1.O=C(Nc1ccc(Cl)c(F)c1)C1CCCOC1.O=C(Nc1ccc(Cl)c(F)c1)C1CNc2ccccc2C1.O=C(Nc1ccc(Cl)c(F)c1)c1cnc2ccccc2c1. The zero-order valence-electron chi connectivity index (χ0n) is 77.0. The molecule has 25 nitrogen and oxygen atoms in total. The van der Waals surface area contributed by atoms with Gasteiger partial charge in [0.25, 0.3) is 5.91 Å². The van der Waals surface area contributed by atoms with Crippen molar-refractivity contribution in [2.24, 2.45) is 35.5 Å². The lowest BCUT2D eigenvalue weighted by molar-refractivity contribution is -0.124. The predicted molar refractivity (Wildman–Crippen MR) is 547 cm³/mol. The predicted octanol–water partition coefficient (Wildman–Crippen LogP) is 21.9. The first-order valence-electron chi connectivity index (χ1n) is 45.3. The van der Waals surface area contributed by atoms with Gasteiger partial charge in [0, 0.05) is 122 Å². The van der Waals surface area contributed by atoms with Gasteiger partial charge in [-0.1, -0.05) is 136 Å². The first-order valence-corrected chi connectivity index (χ1v) is 51.4. The number of sulfonamides is 2. The zero-order chi connectivity index (χ0) is 102. The molecule has 9 N–H and O–H groups in total. The number of ether oxygens (including phenoxy) is 1. The van der Waals surface area contributed by atoms with Crippen LogP contribution in [0.25, 0.3) is 10.9 Å². The van der Waals surface area contributed by atoms with Crippen molar-refractivity contribution in [3.05, 3.63) is 305 Å². The Kier molecular flexibility index (Phi) is 41.8. The van der Waals surface area contributed by atoms with Crippen molar-refractivity contribution in [2.75, 3.05) is 132 Å². The van der Waals surface area contributed by atoms with Gasteiger partial charge in [0.2, 0.25) is 55.5 Å². The molecule has 10 aromatic carbocycles. The highest BCUT2D eigenvalue weighted by atomic mass is 35.5. The summed E-state index contributed by atoms with van der Waals surface area (Å²) < 4.78 is 148. The fourth-order valence-electron chi connectivity index (χ4n) is 15.7. The van der Waals surface area contributed by atoms with Crippen LogP contribution in [0.1, 0.15) is 86.7 Å². The normalized spacial score (nSPS) is 17.6. The molecule has 7 heterocycles. The summed E-state index contributed by atoms with van der Waals surface area (Å²) in [6, 6.07) is 54.4. The van der Waals surface area contributed by atoms with Gasteiger partial charge in [0.15, 0.2) is 0 Å². The summed E-state index contributed by atoms with van der Waals surface area (Å²) in [6.45, 7) is 9.70. The molecule has 6 atom stereocenters. The van der Waals surface area contributed by atoms with Crippen molar-refractivity contribution in [2.45, 2.75) is 78.1 Å². The van der Waals surface area contributed by atoms with Crippen LogP contribution >= 0.6 is 81.2 Å². The Hall–Kier alpha value is -11.2. The summed E-state index contributed by atoms with van der Waals surface area (Å²) in [5.74, 6) is -6.73. The Morgan fingerprint density at radius 1 is 0.408 bits per heavy atom. The lowest BCUT2D eigenvalue weighted by Crippen LogP contribution is -2.44. The molecule has 4 saturated heterocycles. The lowest BCUT2D eigenvalue weighted by atomic mass is 9.91. The van der Waals surface area contributed by atoms with Crippen LogP contribution in [-0.4, -0.2) is 156 Å². The minimum atomic E-state index is -3.30. The first kappa shape index (κ1) is 111. The van der Waals surface area contributed by atoms with E-state index < -0.39 is 72.6 Å². The molecule has 0 radical (unpaired) electrons. The first-order chi connectivity index (χ1) is 67.8. The number of hydrogen-bond donors (Lipinski definition) is 9. The summed E-state index contributed by atoms with van der Waals surface area (Å²) >= 11 is 39.2. The number of nitrogens with one attached hydrogen (secondary N) is 9. The second-order valence-corrected chi connectivity index (χ2v) is 40.8. The van der Waals surface area contributed by atoms with E-state index in [1.807, 2.05) is 60.7 Å². The summed E-state index contributed by atoms with van der Waals surface area (Å²) in [5.41, 5.74) is 8.43. The minimum absolute atomic E-state index is 0.0142. The number of rotatable bonds is 18. The number of benzene rings is 10. The Morgan fingerprint density at radius 3 is 1.22 bits per heavy atom. The molecule has 0 saturated carbocycles. The fraction of sp³-hybridized carbons (Fsp3) is 0.307. The molecule has 6 unspecified atom stereocenters. The molecule has 11 aromatic rings. The van der Waals surface area contributed by atoms with E-state index in [4.69, 9.17) is 85.9 Å². The van der Waals surface area contributed by atoms with Crippen LogP contribution in [0, 0.1) is 76.2 Å². The Balaban J connectivity index is 0.000000159. The molecular formula is C101H103Cl7F7N13O12S2. The average Bonchev–Trinajstić information content (AvgIpc) is 0.822. The van der Waals surface area contributed by atoms with Crippen molar-refractivity contribution < 1.29 is 85.9 Å². The van der Waals surface area contributed by atoms with E-state index in [0.29, 0.717) is 130 Å².